The zero-order chi connectivity index (χ0) is 11.3. The number of hydrogen-bond acceptors (Lipinski definition) is 4. The molecule has 1 rings (SSSR count). The third-order valence-corrected chi connectivity index (χ3v) is 1.78. The molecule has 2 N–H and O–H groups in total. The SMILES string of the molecule is CCc1nc(NC)cc(NCC(F)F)n1. The number of anilines is 2. The van der Waals surface area contributed by atoms with E-state index in [4.69, 9.17) is 0 Å². The Hall–Kier alpha value is -1.46. The number of aryl methyl sites for hydroxylation is 1. The Bertz CT molecular complexity index is 295. The molecule has 15 heavy (non-hydrogen) atoms. The van der Waals surface area contributed by atoms with E-state index in [-0.39, 0.29) is 0 Å². The van der Waals surface area contributed by atoms with Crippen LogP contribution < -0.4 is 10.6 Å². The normalized spacial score (nSPS) is 10.5. The second-order valence-corrected chi connectivity index (χ2v) is 2.93. The molecule has 0 saturated carbocycles. The Labute approximate surface area is 87.1 Å². The summed E-state index contributed by atoms with van der Waals surface area (Å²) in [5.74, 6) is 1.67. The predicted molar refractivity (Wildman–Crippen MR) is 55.5 cm³/mol. The van der Waals surface area contributed by atoms with Crippen LogP contribution in [0.3, 0.4) is 0 Å². The molecule has 1 aromatic heterocycles. The van der Waals surface area contributed by atoms with Gasteiger partial charge in [-0.05, 0) is 0 Å². The van der Waals surface area contributed by atoms with E-state index >= 15 is 0 Å². The Balaban J connectivity index is 2.77. The fraction of sp³-hybridized carbons (Fsp3) is 0.556. The summed E-state index contributed by atoms with van der Waals surface area (Å²) in [5, 5.41) is 5.40. The van der Waals surface area contributed by atoms with Crippen LogP contribution in [0.25, 0.3) is 0 Å². The molecular formula is C9H14F2N4. The Morgan fingerprint density at radius 1 is 1.33 bits per heavy atom. The lowest BCUT2D eigenvalue weighted by atomic mass is 10.4. The molecule has 0 aromatic carbocycles. The first-order valence-corrected chi connectivity index (χ1v) is 4.73. The molecule has 6 heteroatoms. The molecule has 0 saturated heterocycles. The molecule has 0 aliphatic heterocycles. The molecule has 1 heterocycles. The van der Waals surface area contributed by atoms with Crippen LogP contribution in [0.5, 0.6) is 0 Å². The van der Waals surface area contributed by atoms with E-state index < -0.39 is 13.0 Å². The summed E-state index contributed by atoms with van der Waals surface area (Å²) in [6.45, 7) is 1.51. The summed E-state index contributed by atoms with van der Waals surface area (Å²) in [4.78, 5) is 8.22. The number of halogens is 2. The van der Waals surface area contributed by atoms with Crippen LogP contribution in [0.4, 0.5) is 20.4 Å². The van der Waals surface area contributed by atoms with E-state index in [1.54, 1.807) is 13.1 Å². The molecule has 0 radical (unpaired) electrons. The van der Waals surface area contributed by atoms with Gasteiger partial charge in [-0.25, -0.2) is 18.7 Å². The van der Waals surface area contributed by atoms with Crippen molar-refractivity contribution in [2.75, 3.05) is 24.2 Å². The summed E-state index contributed by atoms with van der Waals surface area (Å²) in [7, 11) is 1.72. The molecule has 0 aliphatic carbocycles. The zero-order valence-corrected chi connectivity index (χ0v) is 8.72. The van der Waals surface area contributed by atoms with Gasteiger partial charge in [0.1, 0.15) is 17.5 Å². The summed E-state index contributed by atoms with van der Waals surface area (Å²) in [6.07, 6.45) is -1.72. The summed E-state index contributed by atoms with van der Waals surface area (Å²) in [6, 6.07) is 1.60. The third kappa shape index (κ3) is 3.65. The first kappa shape index (κ1) is 11.6. The number of nitrogens with zero attached hydrogens (tertiary/aromatic N) is 2. The lowest BCUT2D eigenvalue weighted by Gasteiger charge is -2.08. The van der Waals surface area contributed by atoms with Crippen LogP contribution in [0.15, 0.2) is 6.07 Å². The van der Waals surface area contributed by atoms with Crippen molar-refractivity contribution in [3.05, 3.63) is 11.9 Å². The van der Waals surface area contributed by atoms with E-state index in [0.29, 0.717) is 23.9 Å². The molecule has 84 valence electrons. The number of nitrogens with one attached hydrogen (secondary N) is 2. The second kappa shape index (κ2) is 5.43. The fourth-order valence-corrected chi connectivity index (χ4v) is 1.06. The molecule has 0 aliphatic rings. The highest BCUT2D eigenvalue weighted by atomic mass is 19.3. The van der Waals surface area contributed by atoms with Gasteiger partial charge in [0.15, 0.2) is 0 Å². The standard InChI is InChI=1S/C9H14F2N4/c1-3-7-14-8(12-2)4-9(15-7)13-5-6(10)11/h4,6H,3,5H2,1-2H3,(H2,12,13,14,15). The monoisotopic (exact) mass is 216 g/mol. The van der Waals surface area contributed by atoms with Crippen molar-refractivity contribution in [1.29, 1.82) is 0 Å². The molecule has 1 aromatic rings. The van der Waals surface area contributed by atoms with Gasteiger partial charge in [-0.1, -0.05) is 6.92 Å². The van der Waals surface area contributed by atoms with E-state index in [9.17, 15) is 8.78 Å². The first-order valence-electron chi connectivity index (χ1n) is 4.73. The van der Waals surface area contributed by atoms with Crippen molar-refractivity contribution in [2.45, 2.75) is 19.8 Å². The van der Waals surface area contributed by atoms with Crippen molar-refractivity contribution in [2.24, 2.45) is 0 Å². The van der Waals surface area contributed by atoms with Gasteiger partial charge < -0.3 is 10.6 Å². The van der Waals surface area contributed by atoms with E-state index in [1.165, 1.54) is 0 Å². The van der Waals surface area contributed by atoms with E-state index in [2.05, 4.69) is 20.6 Å². The molecule has 0 spiro atoms. The molecule has 0 amide bonds. The van der Waals surface area contributed by atoms with Crippen molar-refractivity contribution in [3.63, 3.8) is 0 Å². The van der Waals surface area contributed by atoms with Crippen molar-refractivity contribution in [3.8, 4) is 0 Å². The number of aromatic nitrogens is 2. The van der Waals surface area contributed by atoms with Gasteiger partial charge in [-0.3, -0.25) is 0 Å². The maximum Gasteiger partial charge on any atom is 0.255 e. The molecule has 0 bridgehead atoms. The van der Waals surface area contributed by atoms with Gasteiger partial charge >= 0.3 is 0 Å². The number of rotatable bonds is 5. The Morgan fingerprint density at radius 3 is 2.53 bits per heavy atom. The average Bonchev–Trinajstić information content (AvgIpc) is 2.25. The van der Waals surface area contributed by atoms with Crippen molar-refractivity contribution >= 4 is 11.6 Å². The minimum atomic E-state index is -2.39. The number of hydrogen-bond donors (Lipinski definition) is 2. The molecule has 0 fully saturated rings. The highest BCUT2D eigenvalue weighted by molar-refractivity contribution is 5.47. The third-order valence-electron chi connectivity index (χ3n) is 1.78. The quantitative estimate of drug-likeness (QED) is 0.787. The highest BCUT2D eigenvalue weighted by Gasteiger charge is 2.05. The maximum atomic E-state index is 12.0. The van der Waals surface area contributed by atoms with Gasteiger partial charge in [-0.15, -0.1) is 0 Å². The average molecular weight is 216 g/mol. The van der Waals surface area contributed by atoms with Crippen molar-refractivity contribution in [1.82, 2.24) is 9.97 Å². The smallest absolute Gasteiger partial charge is 0.255 e. The largest absolute Gasteiger partial charge is 0.373 e. The minimum absolute atomic E-state index is 0.399. The van der Waals surface area contributed by atoms with Crippen LogP contribution in [0, 0.1) is 0 Å². The second-order valence-electron chi connectivity index (χ2n) is 2.93. The van der Waals surface area contributed by atoms with Crippen LogP contribution >= 0.6 is 0 Å². The van der Waals surface area contributed by atoms with E-state index in [0.717, 1.165) is 0 Å². The van der Waals surface area contributed by atoms with Gasteiger partial charge in [0.05, 0.1) is 6.54 Å². The predicted octanol–water partition coefficient (Wildman–Crippen LogP) is 1.76. The van der Waals surface area contributed by atoms with Crippen LogP contribution in [0.2, 0.25) is 0 Å². The number of alkyl halides is 2. The van der Waals surface area contributed by atoms with Crippen LogP contribution in [-0.4, -0.2) is 30.0 Å². The van der Waals surface area contributed by atoms with Crippen LogP contribution in [0.1, 0.15) is 12.7 Å². The fourth-order valence-electron chi connectivity index (χ4n) is 1.06. The highest BCUT2D eigenvalue weighted by Crippen LogP contribution is 2.11. The van der Waals surface area contributed by atoms with Gasteiger partial charge in [-0.2, -0.15) is 0 Å². The summed E-state index contributed by atoms with van der Waals surface area (Å²) >= 11 is 0. The summed E-state index contributed by atoms with van der Waals surface area (Å²) < 4.78 is 23.9. The minimum Gasteiger partial charge on any atom is -0.373 e. The Kier molecular flexibility index (Phi) is 4.20. The van der Waals surface area contributed by atoms with Crippen molar-refractivity contribution < 1.29 is 8.78 Å². The molecule has 0 unspecified atom stereocenters. The molecular weight excluding hydrogens is 202 g/mol. The lowest BCUT2D eigenvalue weighted by molar-refractivity contribution is 0.163. The lowest BCUT2D eigenvalue weighted by Crippen LogP contribution is -2.12. The molecule has 4 nitrogen and oxygen atoms in total. The zero-order valence-electron chi connectivity index (χ0n) is 8.72. The molecule has 0 atom stereocenters. The van der Waals surface area contributed by atoms with E-state index in [1.807, 2.05) is 6.92 Å². The maximum absolute atomic E-state index is 12.0. The van der Waals surface area contributed by atoms with Gasteiger partial charge in [0.2, 0.25) is 0 Å². The first-order chi connectivity index (χ1) is 7.15. The van der Waals surface area contributed by atoms with Gasteiger partial charge in [0, 0.05) is 19.5 Å². The summed E-state index contributed by atoms with van der Waals surface area (Å²) in [5.41, 5.74) is 0. The Morgan fingerprint density at radius 2 is 2.00 bits per heavy atom. The van der Waals surface area contributed by atoms with Gasteiger partial charge in [0.25, 0.3) is 6.43 Å². The topological polar surface area (TPSA) is 49.8 Å². The van der Waals surface area contributed by atoms with Crippen LogP contribution in [-0.2, 0) is 6.42 Å².